The maximum Gasteiger partial charge on any atom is 0.303 e. The van der Waals surface area contributed by atoms with Gasteiger partial charge in [-0.2, -0.15) is 0 Å². The van der Waals surface area contributed by atoms with Crippen molar-refractivity contribution in [2.75, 3.05) is 20.1 Å². The molecule has 2 heterocycles. The summed E-state index contributed by atoms with van der Waals surface area (Å²) >= 11 is 0. The average molecular weight is 759 g/mol. The Morgan fingerprint density at radius 1 is 1.10 bits per heavy atom. The summed E-state index contributed by atoms with van der Waals surface area (Å²) in [6.45, 7) is 9.41. The number of halogens is 2. The first-order chi connectivity index (χ1) is 17.6. The van der Waals surface area contributed by atoms with Gasteiger partial charge in [-0.05, 0) is 73.0 Å². The van der Waals surface area contributed by atoms with Gasteiger partial charge in [0.15, 0.2) is 12.4 Å². The lowest BCUT2D eigenvalue weighted by atomic mass is 9.47. The SMILES string of the molecule is CC(=O)O[C@H]1/C(=C/c2ccc[n+](C)c2)C[C@H]2[C@@H]3CC=C4C[C@@H]([N+]5(C)CCCC5)CC[C@]4(C)[C@H]3CC[C@]12C.[I-].[I-]. The number of esters is 1. The highest BCUT2D eigenvalue weighted by Gasteiger charge is 2.61. The Balaban J connectivity index is 0.00000176. The Kier molecular flexibility index (Phi) is 9.40. The molecule has 0 aromatic carbocycles. The zero-order valence-corrected chi connectivity index (χ0v) is 28.9. The van der Waals surface area contributed by atoms with Crippen molar-refractivity contribution in [3.8, 4) is 0 Å². The molecule has 0 bridgehead atoms. The average Bonchev–Trinajstić information content (AvgIpc) is 3.41. The molecule has 0 radical (unpaired) electrons. The van der Waals surface area contributed by atoms with Crippen LogP contribution in [0.3, 0.4) is 0 Å². The van der Waals surface area contributed by atoms with Crippen LogP contribution in [0.1, 0.15) is 84.1 Å². The Labute approximate surface area is 270 Å². The monoisotopic (exact) mass is 758 g/mol. The molecule has 216 valence electrons. The second-order valence-electron chi connectivity index (χ2n) is 14.0. The molecule has 0 spiro atoms. The lowest BCUT2D eigenvalue weighted by molar-refractivity contribution is -0.923. The maximum atomic E-state index is 12.3. The number of quaternary nitrogens is 1. The molecule has 6 heteroatoms. The molecule has 3 saturated carbocycles. The van der Waals surface area contributed by atoms with Gasteiger partial charge in [-0.3, -0.25) is 4.79 Å². The van der Waals surface area contributed by atoms with Crippen molar-refractivity contribution in [1.82, 2.24) is 0 Å². The van der Waals surface area contributed by atoms with Gasteiger partial charge >= 0.3 is 5.97 Å². The van der Waals surface area contributed by atoms with Crippen molar-refractivity contribution in [2.45, 2.75) is 90.7 Å². The van der Waals surface area contributed by atoms with Crippen LogP contribution in [0.5, 0.6) is 0 Å². The van der Waals surface area contributed by atoms with E-state index >= 15 is 0 Å². The van der Waals surface area contributed by atoms with Crippen molar-refractivity contribution in [3.63, 3.8) is 0 Å². The fourth-order valence-corrected chi connectivity index (χ4v) is 9.86. The molecule has 1 saturated heterocycles. The second kappa shape index (κ2) is 11.7. The van der Waals surface area contributed by atoms with E-state index < -0.39 is 0 Å². The fraction of sp³-hybridized carbons (Fsp3) is 0.697. The molecule has 5 aliphatic rings. The van der Waals surface area contributed by atoms with E-state index in [2.05, 4.69) is 69.2 Å². The highest BCUT2D eigenvalue weighted by molar-refractivity contribution is 5.67. The van der Waals surface area contributed by atoms with Gasteiger partial charge in [0, 0.05) is 49.7 Å². The van der Waals surface area contributed by atoms with Crippen LogP contribution in [0, 0.1) is 28.6 Å². The van der Waals surface area contributed by atoms with E-state index in [1.165, 1.54) is 73.7 Å². The first-order valence-electron chi connectivity index (χ1n) is 15.0. The van der Waals surface area contributed by atoms with Gasteiger partial charge in [0.1, 0.15) is 13.2 Å². The minimum absolute atomic E-state index is 0. The number of aryl methyl sites for hydroxylation is 1. The predicted octanol–water partition coefficient (Wildman–Crippen LogP) is 0.0159. The van der Waals surface area contributed by atoms with E-state index in [1.807, 2.05) is 0 Å². The molecule has 0 N–H and O–H groups in total. The van der Waals surface area contributed by atoms with Gasteiger partial charge in [0.25, 0.3) is 0 Å². The third-order valence-electron chi connectivity index (χ3n) is 12.0. The lowest BCUT2D eigenvalue weighted by Crippen LogP contribution is -3.00. The van der Waals surface area contributed by atoms with Gasteiger partial charge in [0.2, 0.25) is 0 Å². The van der Waals surface area contributed by atoms with Crippen molar-refractivity contribution in [1.29, 1.82) is 0 Å². The zero-order chi connectivity index (χ0) is 26.0. The minimum atomic E-state index is -0.145. The summed E-state index contributed by atoms with van der Waals surface area (Å²) in [5, 5.41) is 0. The van der Waals surface area contributed by atoms with Crippen LogP contribution in [0.15, 0.2) is 41.7 Å². The van der Waals surface area contributed by atoms with Gasteiger partial charge in [-0.15, -0.1) is 0 Å². The molecule has 4 nitrogen and oxygen atoms in total. The normalized spacial score (nSPS) is 39.4. The van der Waals surface area contributed by atoms with Crippen molar-refractivity contribution in [3.05, 3.63) is 47.3 Å². The summed E-state index contributed by atoms with van der Waals surface area (Å²) in [6, 6.07) is 5.10. The molecule has 0 amide bonds. The minimum Gasteiger partial charge on any atom is -1.00 e. The molecule has 0 unspecified atom stereocenters. The van der Waals surface area contributed by atoms with Crippen LogP contribution < -0.4 is 52.5 Å². The summed E-state index contributed by atoms with van der Waals surface area (Å²) in [7, 11) is 4.60. The number of fused-ring (bicyclic) bond motifs is 5. The van der Waals surface area contributed by atoms with Crippen LogP contribution in [0.4, 0.5) is 0 Å². The summed E-state index contributed by atoms with van der Waals surface area (Å²) in [4.78, 5) is 12.3. The van der Waals surface area contributed by atoms with Crippen LogP contribution in [0.2, 0.25) is 0 Å². The summed E-state index contributed by atoms with van der Waals surface area (Å²) in [5.74, 6) is 1.89. The number of rotatable bonds is 3. The molecule has 1 aromatic rings. The number of pyridine rings is 1. The highest BCUT2D eigenvalue weighted by atomic mass is 127. The Morgan fingerprint density at radius 2 is 1.85 bits per heavy atom. The Morgan fingerprint density at radius 3 is 2.54 bits per heavy atom. The molecule has 1 aliphatic heterocycles. The summed E-state index contributed by atoms with van der Waals surface area (Å²) < 4.78 is 9.58. The number of carbonyl (C=O) groups excluding carboxylic acids is 1. The fourth-order valence-electron chi connectivity index (χ4n) is 9.86. The van der Waals surface area contributed by atoms with Crippen molar-refractivity contribution < 1.29 is 66.5 Å². The zero-order valence-electron chi connectivity index (χ0n) is 24.6. The standard InChI is InChI=1S/C33H48N2O2.2HI/c1-23(36)37-31-25(19-24-9-8-16-34(4)22-24)20-30-28-11-10-26-21-27(35(5)17-6-7-18-35)12-14-32(26,2)29(28)13-15-33(30,31)3;;/h8-10,16,19,22,27-31H,6-7,11-15,17-18,20-21H2,1-5H3;2*1H/q+2;;/p-2/b25-19+;;/t27-,28+,29-,30-,31-,32-,33-;;/m0../s1. The molecule has 4 aliphatic carbocycles. The van der Waals surface area contributed by atoms with E-state index in [4.69, 9.17) is 4.74 Å². The van der Waals surface area contributed by atoms with E-state index in [0.717, 1.165) is 24.8 Å². The topological polar surface area (TPSA) is 30.2 Å². The predicted molar refractivity (Wildman–Crippen MR) is 147 cm³/mol. The van der Waals surface area contributed by atoms with Crippen LogP contribution in [0.25, 0.3) is 6.08 Å². The third-order valence-corrected chi connectivity index (χ3v) is 12.0. The van der Waals surface area contributed by atoms with E-state index in [9.17, 15) is 4.79 Å². The highest BCUT2D eigenvalue weighted by Crippen LogP contribution is 2.66. The van der Waals surface area contributed by atoms with Crippen molar-refractivity contribution >= 4 is 12.0 Å². The number of hydrogen-bond donors (Lipinski definition) is 0. The first kappa shape index (κ1) is 31.5. The number of likely N-dealkylation sites (tertiary alicyclic amines) is 1. The Hall–Kier alpha value is -0.480. The van der Waals surface area contributed by atoms with Crippen molar-refractivity contribution in [2.24, 2.45) is 35.6 Å². The van der Waals surface area contributed by atoms with E-state index in [0.29, 0.717) is 17.3 Å². The summed E-state index contributed by atoms with van der Waals surface area (Å²) in [5.41, 5.74) is 4.70. The third kappa shape index (κ3) is 5.41. The molecular formula is C33H48I2N2O2. The van der Waals surface area contributed by atoms with E-state index in [-0.39, 0.29) is 65.4 Å². The van der Waals surface area contributed by atoms with Gasteiger partial charge in [-0.25, -0.2) is 4.57 Å². The number of ether oxygens (including phenoxy) is 1. The smallest absolute Gasteiger partial charge is 0.303 e. The number of hydrogen-bond acceptors (Lipinski definition) is 2. The summed E-state index contributed by atoms with van der Waals surface area (Å²) in [6.07, 6.45) is 20.8. The molecule has 6 rings (SSSR count). The number of carbonyl (C=O) groups is 1. The Bertz CT molecular complexity index is 1140. The van der Waals surface area contributed by atoms with Gasteiger partial charge in [0.05, 0.1) is 26.2 Å². The largest absolute Gasteiger partial charge is 1.00 e. The molecule has 39 heavy (non-hydrogen) atoms. The number of allylic oxidation sites excluding steroid dienone is 1. The van der Waals surface area contributed by atoms with Crippen LogP contribution in [-0.4, -0.2) is 42.7 Å². The lowest BCUT2D eigenvalue weighted by Gasteiger charge is -2.58. The van der Waals surface area contributed by atoms with Gasteiger partial charge in [-0.1, -0.05) is 25.5 Å². The maximum absolute atomic E-state index is 12.3. The number of nitrogens with zero attached hydrogens (tertiary/aromatic N) is 2. The molecule has 4 fully saturated rings. The quantitative estimate of drug-likeness (QED) is 0.143. The molecule has 1 aromatic heterocycles. The molecular weight excluding hydrogens is 710 g/mol. The molecule has 7 atom stereocenters. The van der Waals surface area contributed by atoms with Crippen LogP contribution in [-0.2, 0) is 16.6 Å². The first-order valence-corrected chi connectivity index (χ1v) is 15.0. The van der Waals surface area contributed by atoms with Crippen LogP contribution >= 0.6 is 0 Å². The van der Waals surface area contributed by atoms with E-state index in [1.54, 1.807) is 12.5 Å². The van der Waals surface area contributed by atoms with Gasteiger partial charge < -0.3 is 57.2 Å². The second-order valence-corrected chi connectivity index (χ2v) is 14.0. The number of aromatic nitrogens is 1.